The second-order valence-corrected chi connectivity index (χ2v) is 9.87. The highest BCUT2D eigenvalue weighted by Gasteiger charge is 2.23. The van der Waals surface area contributed by atoms with Gasteiger partial charge in [0.15, 0.2) is 0 Å². The van der Waals surface area contributed by atoms with Gasteiger partial charge in [-0.1, -0.05) is 86.6 Å². The minimum Gasteiger partial charge on any atom is -0.490 e. The zero-order chi connectivity index (χ0) is 24.2. The summed E-state index contributed by atoms with van der Waals surface area (Å²) < 4.78 is 8.75. The predicted molar refractivity (Wildman–Crippen MR) is 142 cm³/mol. The zero-order valence-electron chi connectivity index (χ0n) is 20.7. The van der Waals surface area contributed by atoms with Crippen LogP contribution in [0.15, 0.2) is 78.9 Å². The van der Waals surface area contributed by atoms with Crippen LogP contribution in [0.3, 0.4) is 0 Å². The van der Waals surface area contributed by atoms with Crippen molar-refractivity contribution in [2.75, 3.05) is 0 Å². The Morgan fingerprint density at radius 3 is 2.17 bits per heavy atom. The second-order valence-electron chi connectivity index (χ2n) is 9.87. The number of aromatic nitrogens is 2. The highest BCUT2D eigenvalue weighted by Crippen LogP contribution is 2.38. The van der Waals surface area contributed by atoms with Crippen LogP contribution < -0.4 is 4.74 Å². The molecule has 4 nitrogen and oxygen atoms in total. The molecule has 1 aromatic heterocycles. The van der Waals surface area contributed by atoms with Gasteiger partial charge >= 0.3 is 0 Å². The lowest BCUT2D eigenvalue weighted by Gasteiger charge is -2.18. The smallest absolute Gasteiger partial charge is 0.141 e. The molecule has 5 rings (SSSR count). The van der Waals surface area contributed by atoms with E-state index >= 15 is 0 Å². The van der Waals surface area contributed by atoms with E-state index in [-0.39, 0.29) is 12.7 Å². The molecule has 0 radical (unpaired) electrons. The maximum Gasteiger partial charge on any atom is 0.141 e. The first-order valence-electron chi connectivity index (χ1n) is 12.8. The van der Waals surface area contributed by atoms with Crippen molar-refractivity contribution < 1.29 is 9.84 Å². The van der Waals surface area contributed by atoms with Crippen LogP contribution >= 0.6 is 0 Å². The summed E-state index contributed by atoms with van der Waals surface area (Å²) in [6, 6.07) is 27.1. The van der Waals surface area contributed by atoms with E-state index in [2.05, 4.69) is 85.1 Å². The Morgan fingerprint density at radius 2 is 1.54 bits per heavy atom. The molecule has 0 unspecified atom stereocenters. The topological polar surface area (TPSA) is 47.3 Å². The van der Waals surface area contributed by atoms with Crippen LogP contribution in [0.4, 0.5) is 0 Å². The van der Waals surface area contributed by atoms with E-state index in [0.29, 0.717) is 5.92 Å². The molecule has 1 fully saturated rings. The van der Waals surface area contributed by atoms with Crippen molar-refractivity contribution in [1.29, 1.82) is 0 Å². The third-order valence-electron chi connectivity index (χ3n) is 6.70. The number of rotatable bonds is 8. The first-order valence-corrected chi connectivity index (χ1v) is 12.8. The molecule has 0 amide bonds. The summed E-state index contributed by atoms with van der Waals surface area (Å²) in [5.74, 6) is 2.15. The van der Waals surface area contributed by atoms with Crippen molar-refractivity contribution in [2.45, 2.75) is 58.8 Å². The Kier molecular flexibility index (Phi) is 7.01. The Hall–Kier alpha value is -3.37. The van der Waals surface area contributed by atoms with Crippen molar-refractivity contribution in [2.24, 2.45) is 5.92 Å². The van der Waals surface area contributed by atoms with Gasteiger partial charge < -0.3 is 14.4 Å². The van der Waals surface area contributed by atoms with Gasteiger partial charge in [-0.05, 0) is 37.7 Å². The number of aliphatic hydroxyl groups is 1. The quantitative estimate of drug-likeness (QED) is 0.295. The Morgan fingerprint density at radius 1 is 0.886 bits per heavy atom. The summed E-state index contributed by atoms with van der Waals surface area (Å²) in [6.45, 7) is 5.29. The monoisotopic (exact) mass is 466 g/mol. The number of hydrogen-bond donors (Lipinski definition) is 1. The SMILES string of the molecule is CC(C)Cn1c(-c2ccc(CO)c(OC3CCCC3)c2)nc(-c2ccccc2)c1-c1ccccc1. The van der Waals surface area contributed by atoms with Crippen LogP contribution in [0.2, 0.25) is 0 Å². The van der Waals surface area contributed by atoms with Gasteiger partial charge in [-0.25, -0.2) is 4.98 Å². The van der Waals surface area contributed by atoms with Gasteiger partial charge in [0.2, 0.25) is 0 Å². The van der Waals surface area contributed by atoms with Gasteiger partial charge in [-0.15, -0.1) is 0 Å². The van der Waals surface area contributed by atoms with Crippen LogP contribution in [-0.4, -0.2) is 20.8 Å². The molecule has 1 N–H and O–H groups in total. The van der Waals surface area contributed by atoms with Gasteiger partial charge in [0.25, 0.3) is 0 Å². The Balaban J connectivity index is 1.69. The van der Waals surface area contributed by atoms with Crippen molar-refractivity contribution in [1.82, 2.24) is 9.55 Å². The number of hydrogen-bond acceptors (Lipinski definition) is 3. The van der Waals surface area contributed by atoms with Gasteiger partial charge in [0.05, 0.1) is 24.1 Å². The molecule has 1 aliphatic carbocycles. The fourth-order valence-electron chi connectivity index (χ4n) is 5.02. The second kappa shape index (κ2) is 10.5. The number of ether oxygens (including phenoxy) is 1. The highest BCUT2D eigenvalue weighted by molar-refractivity contribution is 5.82. The van der Waals surface area contributed by atoms with Gasteiger partial charge in [-0.2, -0.15) is 0 Å². The number of aliphatic hydroxyl groups excluding tert-OH is 1. The van der Waals surface area contributed by atoms with E-state index < -0.39 is 0 Å². The molecule has 180 valence electrons. The molecular formula is C31H34N2O2. The first-order chi connectivity index (χ1) is 17.1. The molecule has 0 aliphatic heterocycles. The van der Waals surface area contributed by atoms with Crippen molar-refractivity contribution in [3.63, 3.8) is 0 Å². The summed E-state index contributed by atoms with van der Waals surface area (Å²) >= 11 is 0. The van der Waals surface area contributed by atoms with E-state index in [1.54, 1.807) is 0 Å². The average Bonchev–Trinajstić information content (AvgIpc) is 3.53. The van der Waals surface area contributed by atoms with Gasteiger partial charge in [-0.3, -0.25) is 0 Å². The highest BCUT2D eigenvalue weighted by atomic mass is 16.5. The molecule has 1 heterocycles. The summed E-state index contributed by atoms with van der Waals surface area (Å²) in [7, 11) is 0. The molecular weight excluding hydrogens is 432 g/mol. The first kappa shape index (κ1) is 23.4. The average molecular weight is 467 g/mol. The summed E-state index contributed by atoms with van der Waals surface area (Å²) in [6.07, 6.45) is 4.79. The third kappa shape index (κ3) is 5.03. The van der Waals surface area contributed by atoms with E-state index in [0.717, 1.165) is 64.6 Å². The number of imidazole rings is 1. The van der Waals surface area contributed by atoms with Crippen LogP contribution in [0.25, 0.3) is 33.9 Å². The fourth-order valence-corrected chi connectivity index (χ4v) is 5.02. The third-order valence-corrected chi connectivity index (χ3v) is 6.70. The molecule has 1 aliphatic rings. The van der Waals surface area contributed by atoms with Gasteiger partial charge in [0.1, 0.15) is 11.6 Å². The van der Waals surface area contributed by atoms with Crippen LogP contribution in [0.1, 0.15) is 45.1 Å². The molecule has 1 saturated carbocycles. The lowest BCUT2D eigenvalue weighted by molar-refractivity contribution is 0.199. The summed E-state index contributed by atoms with van der Waals surface area (Å²) in [5, 5.41) is 9.97. The fraction of sp³-hybridized carbons (Fsp3) is 0.323. The summed E-state index contributed by atoms with van der Waals surface area (Å²) in [5.41, 5.74) is 6.20. The minimum absolute atomic E-state index is 0.0344. The molecule has 0 saturated heterocycles. The van der Waals surface area contributed by atoms with Crippen molar-refractivity contribution in [3.05, 3.63) is 84.4 Å². The molecule has 0 atom stereocenters. The molecule has 0 spiro atoms. The van der Waals surface area contributed by atoms with Crippen molar-refractivity contribution in [3.8, 4) is 39.7 Å². The van der Waals surface area contributed by atoms with E-state index in [9.17, 15) is 5.11 Å². The van der Waals surface area contributed by atoms with E-state index in [4.69, 9.17) is 9.72 Å². The Labute approximate surface area is 208 Å². The predicted octanol–water partition coefficient (Wildman–Crippen LogP) is 7.35. The molecule has 4 heteroatoms. The number of nitrogens with zero attached hydrogens (tertiary/aromatic N) is 2. The molecule has 0 bridgehead atoms. The maximum atomic E-state index is 9.97. The maximum absolute atomic E-state index is 9.97. The molecule has 35 heavy (non-hydrogen) atoms. The van der Waals surface area contributed by atoms with Crippen LogP contribution in [0, 0.1) is 5.92 Å². The van der Waals surface area contributed by atoms with Crippen LogP contribution in [-0.2, 0) is 13.2 Å². The lowest BCUT2D eigenvalue weighted by Crippen LogP contribution is -2.12. The largest absolute Gasteiger partial charge is 0.490 e. The molecule has 3 aromatic carbocycles. The Bertz CT molecular complexity index is 1260. The van der Waals surface area contributed by atoms with Crippen LogP contribution in [0.5, 0.6) is 5.75 Å². The standard InChI is InChI=1S/C31H34N2O2/c1-22(2)20-33-30(24-13-7-4-8-14-24)29(23-11-5-3-6-12-23)32-31(33)25-17-18-26(21-34)28(19-25)35-27-15-9-10-16-27/h3-8,11-14,17-19,22,27,34H,9-10,15-16,20-21H2,1-2H3. The normalized spacial score (nSPS) is 14.1. The van der Waals surface area contributed by atoms with E-state index in [1.165, 1.54) is 12.8 Å². The van der Waals surface area contributed by atoms with Gasteiger partial charge in [0, 0.05) is 28.8 Å². The van der Waals surface area contributed by atoms with E-state index in [1.807, 2.05) is 12.1 Å². The minimum atomic E-state index is -0.0344. The summed E-state index contributed by atoms with van der Waals surface area (Å²) in [4.78, 5) is 5.25. The van der Waals surface area contributed by atoms with Crippen molar-refractivity contribution >= 4 is 0 Å². The molecule has 4 aromatic rings. The lowest BCUT2D eigenvalue weighted by atomic mass is 10.0. The zero-order valence-corrected chi connectivity index (χ0v) is 20.7. The number of benzene rings is 3.